The van der Waals surface area contributed by atoms with Gasteiger partial charge in [0.25, 0.3) is 5.91 Å². The van der Waals surface area contributed by atoms with E-state index in [0.717, 1.165) is 17.3 Å². The molecule has 1 unspecified atom stereocenters. The average Bonchev–Trinajstić information content (AvgIpc) is 2.82. The number of nitrogens with one attached hydrogen (secondary N) is 2. The number of para-hydroxylation sites is 1. The first-order valence-electron chi connectivity index (χ1n) is 10.2. The number of rotatable bonds is 9. The molecule has 1 atom stereocenters. The van der Waals surface area contributed by atoms with Crippen molar-refractivity contribution in [2.75, 3.05) is 11.9 Å². The topological polar surface area (TPSA) is 74.1 Å². The second-order valence-electron chi connectivity index (χ2n) is 7.02. The van der Waals surface area contributed by atoms with E-state index in [2.05, 4.69) is 10.6 Å². The molecule has 5 nitrogen and oxygen atoms in total. The normalized spacial score (nSPS) is 11.4. The minimum absolute atomic E-state index is 0.0975. The first kappa shape index (κ1) is 22.9. The molecule has 2 N–H and O–H groups in total. The molecular weight excluding hydrogens is 412 g/mol. The number of amides is 1. The highest BCUT2D eigenvalue weighted by Gasteiger charge is 2.29. The zero-order chi connectivity index (χ0) is 22.9. The number of ether oxygens (including phenoxy) is 1. The van der Waals surface area contributed by atoms with Crippen molar-refractivity contribution in [3.05, 3.63) is 101 Å². The third kappa shape index (κ3) is 5.68. The SMILES string of the molecule is CCOC(C(=O)NCc1ccc(C#N)cc1)c1c(F)ccc(CNc2ccccc2)c1F. The summed E-state index contributed by atoms with van der Waals surface area (Å²) in [4.78, 5) is 12.8. The molecule has 164 valence electrons. The summed E-state index contributed by atoms with van der Waals surface area (Å²) in [5.41, 5.74) is 1.83. The fourth-order valence-corrected chi connectivity index (χ4v) is 3.18. The first-order chi connectivity index (χ1) is 15.5. The van der Waals surface area contributed by atoms with E-state index >= 15 is 4.39 Å². The van der Waals surface area contributed by atoms with Gasteiger partial charge < -0.3 is 15.4 Å². The molecule has 0 aromatic heterocycles. The van der Waals surface area contributed by atoms with E-state index in [0.29, 0.717) is 5.56 Å². The molecule has 0 radical (unpaired) electrons. The molecule has 0 saturated carbocycles. The number of nitrogens with zero attached hydrogens (tertiary/aromatic N) is 1. The van der Waals surface area contributed by atoms with Crippen LogP contribution in [-0.2, 0) is 22.6 Å². The number of benzene rings is 3. The van der Waals surface area contributed by atoms with Gasteiger partial charge in [-0.3, -0.25) is 4.79 Å². The minimum atomic E-state index is -1.44. The van der Waals surface area contributed by atoms with Gasteiger partial charge in [0.05, 0.1) is 17.2 Å². The lowest BCUT2D eigenvalue weighted by atomic mass is 10.0. The monoisotopic (exact) mass is 435 g/mol. The van der Waals surface area contributed by atoms with Crippen molar-refractivity contribution < 1.29 is 18.3 Å². The molecule has 0 fully saturated rings. The van der Waals surface area contributed by atoms with E-state index in [-0.39, 0.29) is 25.3 Å². The van der Waals surface area contributed by atoms with Crippen LogP contribution in [0.5, 0.6) is 0 Å². The second kappa shape index (κ2) is 11.0. The van der Waals surface area contributed by atoms with Gasteiger partial charge in [0.1, 0.15) is 11.6 Å². The van der Waals surface area contributed by atoms with Crippen LogP contribution in [0.2, 0.25) is 0 Å². The molecular formula is C25H23F2N3O2. The zero-order valence-corrected chi connectivity index (χ0v) is 17.6. The Balaban J connectivity index is 1.77. The summed E-state index contributed by atoms with van der Waals surface area (Å²) in [7, 11) is 0. The molecule has 0 bridgehead atoms. The third-order valence-electron chi connectivity index (χ3n) is 4.85. The van der Waals surface area contributed by atoms with E-state index in [1.165, 1.54) is 6.07 Å². The molecule has 32 heavy (non-hydrogen) atoms. The number of carbonyl (C=O) groups excluding carboxylic acids is 1. The lowest BCUT2D eigenvalue weighted by molar-refractivity contribution is -0.133. The van der Waals surface area contributed by atoms with Crippen molar-refractivity contribution >= 4 is 11.6 Å². The van der Waals surface area contributed by atoms with Crippen molar-refractivity contribution in [3.63, 3.8) is 0 Å². The molecule has 3 aromatic carbocycles. The average molecular weight is 435 g/mol. The molecule has 0 heterocycles. The Kier molecular flexibility index (Phi) is 7.90. The maximum absolute atomic E-state index is 15.2. The molecule has 0 aliphatic heterocycles. The van der Waals surface area contributed by atoms with Crippen molar-refractivity contribution in [2.24, 2.45) is 0 Å². The minimum Gasteiger partial charge on any atom is -0.381 e. The quantitative estimate of drug-likeness (QED) is 0.504. The predicted octanol–water partition coefficient (Wildman–Crippen LogP) is 4.84. The second-order valence-corrected chi connectivity index (χ2v) is 7.02. The summed E-state index contributed by atoms with van der Waals surface area (Å²) < 4.78 is 35.3. The van der Waals surface area contributed by atoms with Crippen LogP contribution in [0, 0.1) is 23.0 Å². The van der Waals surface area contributed by atoms with Gasteiger partial charge in [-0.1, -0.05) is 36.4 Å². The molecule has 7 heteroatoms. The standard InChI is InChI=1S/C25H23F2N3O2/c1-2-32-24(25(31)30-15-18-10-8-17(14-28)9-11-18)22-21(26)13-12-19(23(22)27)16-29-20-6-4-3-5-7-20/h3-13,24,29H,2,15-16H2,1H3,(H,30,31). The zero-order valence-electron chi connectivity index (χ0n) is 17.6. The Hall–Kier alpha value is -3.76. The lowest BCUT2D eigenvalue weighted by Gasteiger charge is -2.20. The number of nitriles is 1. The van der Waals surface area contributed by atoms with Crippen molar-refractivity contribution in [1.29, 1.82) is 5.26 Å². The van der Waals surface area contributed by atoms with Crippen LogP contribution in [-0.4, -0.2) is 12.5 Å². The van der Waals surface area contributed by atoms with Crippen LogP contribution < -0.4 is 10.6 Å². The van der Waals surface area contributed by atoms with E-state index in [1.807, 2.05) is 36.4 Å². The Labute approximate surface area is 185 Å². The van der Waals surface area contributed by atoms with Gasteiger partial charge in [0.15, 0.2) is 6.10 Å². The Morgan fingerprint density at radius 3 is 2.41 bits per heavy atom. The summed E-state index contributed by atoms with van der Waals surface area (Å²) in [6.45, 7) is 2.00. The largest absolute Gasteiger partial charge is 0.381 e. The van der Waals surface area contributed by atoms with Gasteiger partial charge in [-0.15, -0.1) is 0 Å². The van der Waals surface area contributed by atoms with Crippen molar-refractivity contribution in [2.45, 2.75) is 26.1 Å². The van der Waals surface area contributed by atoms with Crippen LogP contribution in [0.15, 0.2) is 66.7 Å². The fraction of sp³-hybridized carbons (Fsp3) is 0.200. The molecule has 3 rings (SSSR count). The summed E-state index contributed by atoms with van der Waals surface area (Å²) in [5.74, 6) is -2.32. The summed E-state index contributed by atoms with van der Waals surface area (Å²) in [5, 5.41) is 14.6. The highest BCUT2D eigenvalue weighted by atomic mass is 19.1. The Bertz CT molecular complexity index is 1100. The molecule has 0 aliphatic carbocycles. The number of hydrogen-bond acceptors (Lipinski definition) is 4. The smallest absolute Gasteiger partial charge is 0.254 e. The van der Waals surface area contributed by atoms with Gasteiger partial charge in [-0.25, -0.2) is 8.78 Å². The maximum atomic E-state index is 15.2. The highest BCUT2D eigenvalue weighted by Crippen LogP contribution is 2.27. The van der Waals surface area contributed by atoms with Gasteiger partial charge in [0.2, 0.25) is 0 Å². The van der Waals surface area contributed by atoms with E-state index in [4.69, 9.17) is 10.00 Å². The van der Waals surface area contributed by atoms with Crippen molar-refractivity contribution in [3.8, 4) is 6.07 Å². The van der Waals surface area contributed by atoms with Crippen LogP contribution in [0.1, 0.15) is 35.3 Å². The van der Waals surface area contributed by atoms with Crippen LogP contribution in [0.3, 0.4) is 0 Å². The number of anilines is 1. The molecule has 0 aliphatic rings. The lowest BCUT2D eigenvalue weighted by Crippen LogP contribution is -2.32. The van der Waals surface area contributed by atoms with E-state index in [1.54, 1.807) is 31.2 Å². The van der Waals surface area contributed by atoms with Crippen LogP contribution in [0.25, 0.3) is 0 Å². The van der Waals surface area contributed by atoms with Crippen molar-refractivity contribution in [1.82, 2.24) is 5.32 Å². The van der Waals surface area contributed by atoms with E-state index < -0.39 is 29.2 Å². The molecule has 0 spiro atoms. The maximum Gasteiger partial charge on any atom is 0.254 e. The molecule has 0 saturated heterocycles. The molecule has 1 amide bonds. The number of carbonyl (C=O) groups is 1. The Morgan fingerprint density at radius 2 is 1.75 bits per heavy atom. The van der Waals surface area contributed by atoms with Gasteiger partial charge in [0, 0.05) is 30.9 Å². The van der Waals surface area contributed by atoms with E-state index in [9.17, 15) is 9.18 Å². The number of halogens is 2. The Morgan fingerprint density at radius 1 is 1.03 bits per heavy atom. The molecule has 3 aromatic rings. The third-order valence-corrected chi connectivity index (χ3v) is 4.85. The van der Waals surface area contributed by atoms with Gasteiger partial charge in [-0.05, 0) is 42.8 Å². The summed E-state index contributed by atoms with van der Waals surface area (Å²) in [6, 6.07) is 20.4. The van der Waals surface area contributed by atoms with Crippen LogP contribution >= 0.6 is 0 Å². The first-order valence-corrected chi connectivity index (χ1v) is 10.2. The van der Waals surface area contributed by atoms with Gasteiger partial charge >= 0.3 is 0 Å². The summed E-state index contributed by atoms with van der Waals surface area (Å²) in [6.07, 6.45) is -1.44. The summed E-state index contributed by atoms with van der Waals surface area (Å²) >= 11 is 0. The highest BCUT2D eigenvalue weighted by molar-refractivity contribution is 5.82. The fourth-order valence-electron chi connectivity index (χ4n) is 3.18. The predicted molar refractivity (Wildman–Crippen MR) is 117 cm³/mol. The van der Waals surface area contributed by atoms with Crippen LogP contribution in [0.4, 0.5) is 14.5 Å². The van der Waals surface area contributed by atoms with Gasteiger partial charge in [-0.2, -0.15) is 5.26 Å². The number of hydrogen-bond donors (Lipinski definition) is 2.